The van der Waals surface area contributed by atoms with Gasteiger partial charge >= 0.3 is 0 Å². The summed E-state index contributed by atoms with van der Waals surface area (Å²) in [6.45, 7) is 4.68. The molecule has 3 heteroatoms. The van der Waals surface area contributed by atoms with Crippen molar-refractivity contribution in [1.29, 1.82) is 0 Å². The maximum atomic E-state index is 5.83. The van der Waals surface area contributed by atoms with Gasteiger partial charge in [0.2, 0.25) is 0 Å². The maximum Gasteiger partial charge on any atom is 0.161 e. The Morgan fingerprint density at radius 1 is 1.24 bits per heavy atom. The van der Waals surface area contributed by atoms with Gasteiger partial charge in [0.25, 0.3) is 0 Å². The summed E-state index contributed by atoms with van der Waals surface area (Å²) in [6.07, 6.45) is 3.47. The summed E-state index contributed by atoms with van der Waals surface area (Å²) in [5, 5.41) is 3.42. The van der Waals surface area contributed by atoms with Gasteiger partial charge in [-0.3, -0.25) is 0 Å². The highest BCUT2D eigenvalue weighted by Crippen LogP contribution is 2.26. The molecule has 0 aromatic heterocycles. The molecule has 1 aliphatic rings. The van der Waals surface area contributed by atoms with Gasteiger partial charge in [-0.25, -0.2) is 0 Å². The molecule has 0 saturated carbocycles. The van der Waals surface area contributed by atoms with E-state index in [0.717, 1.165) is 37.7 Å². The monoisotopic (exact) mass is 235 g/mol. The number of hydrogen-bond donors (Lipinski definition) is 1. The molecule has 17 heavy (non-hydrogen) atoms. The molecule has 1 aromatic carbocycles. The van der Waals surface area contributed by atoms with E-state index in [1.165, 1.54) is 12.8 Å². The Hall–Kier alpha value is -1.22. The molecule has 1 atom stereocenters. The van der Waals surface area contributed by atoms with E-state index < -0.39 is 0 Å². The first kappa shape index (κ1) is 12.2. The molecule has 1 aliphatic heterocycles. The SMILES string of the molecule is CCCOc1ccccc1OC[C@@H]1CCCN1. The van der Waals surface area contributed by atoms with Gasteiger partial charge in [-0.05, 0) is 37.9 Å². The van der Waals surface area contributed by atoms with Crippen molar-refractivity contribution in [3.05, 3.63) is 24.3 Å². The Kier molecular flexibility index (Phi) is 4.68. The van der Waals surface area contributed by atoms with Crippen molar-refractivity contribution in [3.8, 4) is 11.5 Å². The van der Waals surface area contributed by atoms with Crippen LogP contribution in [0.2, 0.25) is 0 Å². The highest BCUT2D eigenvalue weighted by atomic mass is 16.5. The minimum absolute atomic E-state index is 0.495. The van der Waals surface area contributed by atoms with Crippen LogP contribution in [0.3, 0.4) is 0 Å². The highest BCUT2D eigenvalue weighted by Gasteiger charge is 2.15. The molecule has 94 valence electrons. The van der Waals surface area contributed by atoms with E-state index in [0.29, 0.717) is 6.04 Å². The summed E-state index contributed by atoms with van der Waals surface area (Å²) in [6, 6.07) is 8.39. The van der Waals surface area contributed by atoms with Gasteiger partial charge in [0.1, 0.15) is 6.61 Å². The van der Waals surface area contributed by atoms with Gasteiger partial charge < -0.3 is 14.8 Å². The maximum absolute atomic E-state index is 5.83. The Balaban J connectivity index is 1.89. The van der Waals surface area contributed by atoms with E-state index >= 15 is 0 Å². The van der Waals surface area contributed by atoms with E-state index in [1.54, 1.807) is 0 Å². The average Bonchev–Trinajstić information content (AvgIpc) is 2.88. The number of benzene rings is 1. The molecule has 1 aromatic rings. The van der Waals surface area contributed by atoms with Crippen molar-refractivity contribution in [2.24, 2.45) is 0 Å². The van der Waals surface area contributed by atoms with Gasteiger partial charge in [-0.15, -0.1) is 0 Å². The normalized spacial score (nSPS) is 19.2. The van der Waals surface area contributed by atoms with Crippen LogP contribution in [0.4, 0.5) is 0 Å². The van der Waals surface area contributed by atoms with Gasteiger partial charge in [0, 0.05) is 6.04 Å². The van der Waals surface area contributed by atoms with Crippen molar-refractivity contribution < 1.29 is 9.47 Å². The van der Waals surface area contributed by atoms with Crippen molar-refractivity contribution in [1.82, 2.24) is 5.32 Å². The molecule has 1 saturated heterocycles. The topological polar surface area (TPSA) is 30.5 Å². The summed E-state index contributed by atoms with van der Waals surface area (Å²) >= 11 is 0. The third kappa shape index (κ3) is 3.63. The van der Waals surface area contributed by atoms with E-state index in [-0.39, 0.29) is 0 Å². The molecule has 0 amide bonds. The van der Waals surface area contributed by atoms with Crippen molar-refractivity contribution in [2.75, 3.05) is 19.8 Å². The van der Waals surface area contributed by atoms with Gasteiger partial charge in [0.15, 0.2) is 11.5 Å². The van der Waals surface area contributed by atoms with E-state index in [9.17, 15) is 0 Å². The van der Waals surface area contributed by atoms with Crippen LogP contribution in [0, 0.1) is 0 Å². The fraction of sp³-hybridized carbons (Fsp3) is 0.571. The lowest BCUT2D eigenvalue weighted by molar-refractivity contribution is 0.248. The summed E-state index contributed by atoms with van der Waals surface area (Å²) in [5.41, 5.74) is 0. The fourth-order valence-corrected chi connectivity index (χ4v) is 1.99. The number of para-hydroxylation sites is 2. The number of hydrogen-bond acceptors (Lipinski definition) is 3. The number of rotatable bonds is 6. The van der Waals surface area contributed by atoms with Crippen LogP contribution in [0.15, 0.2) is 24.3 Å². The van der Waals surface area contributed by atoms with E-state index in [1.807, 2.05) is 24.3 Å². The van der Waals surface area contributed by atoms with Crippen LogP contribution in [0.25, 0.3) is 0 Å². The molecule has 1 heterocycles. The third-order valence-electron chi connectivity index (χ3n) is 2.91. The summed E-state index contributed by atoms with van der Waals surface area (Å²) in [7, 11) is 0. The molecular formula is C14H21NO2. The Morgan fingerprint density at radius 3 is 2.65 bits per heavy atom. The second-order valence-corrected chi connectivity index (χ2v) is 4.40. The smallest absolute Gasteiger partial charge is 0.161 e. The second-order valence-electron chi connectivity index (χ2n) is 4.40. The first-order chi connectivity index (χ1) is 8.40. The van der Waals surface area contributed by atoms with Crippen molar-refractivity contribution in [2.45, 2.75) is 32.2 Å². The predicted octanol–water partition coefficient (Wildman–Crippen LogP) is 2.61. The van der Waals surface area contributed by atoms with Crippen molar-refractivity contribution >= 4 is 0 Å². The largest absolute Gasteiger partial charge is 0.490 e. The predicted molar refractivity (Wildman–Crippen MR) is 68.7 cm³/mol. The van der Waals surface area contributed by atoms with Gasteiger partial charge in [-0.1, -0.05) is 19.1 Å². The molecule has 3 nitrogen and oxygen atoms in total. The molecule has 0 radical (unpaired) electrons. The zero-order valence-electron chi connectivity index (χ0n) is 10.4. The lowest BCUT2D eigenvalue weighted by Gasteiger charge is -2.15. The molecule has 0 unspecified atom stereocenters. The fourth-order valence-electron chi connectivity index (χ4n) is 1.99. The highest BCUT2D eigenvalue weighted by molar-refractivity contribution is 5.39. The van der Waals surface area contributed by atoms with Crippen LogP contribution in [-0.2, 0) is 0 Å². The van der Waals surface area contributed by atoms with Crippen LogP contribution < -0.4 is 14.8 Å². The van der Waals surface area contributed by atoms with Crippen LogP contribution in [0.1, 0.15) is 26.2 Å². The minimum Gasteiger partial charge on any atom is -0.490 e. The quantitative estimate of drug-likeness (QED) is 0.822. The molecule has 0 aliphatic carbocycles. The molecule has 1 fully saturated rings. The first-order valence-electron chi connectivity index (χ1n) is 6.48. The molecule has 0 bridgehead atoms. The molecule has 2 rings (SSSR count). The molecule has 1 N–H and O–H groups in total. The first-order valence-corrected chi connectivity index (χ1v) is 6.48. The lowest BCUT2D eigenvalue weighted by atomic mass is 10.2. The number of ether oxygens (including phenoxy) is 2. The molecular weight excluding hydrogens is 214 g/mol. The Morgan fingerprint density at radius 2 is 2.00 bits per heavy atom. The number of nitrogens with one attached hydrogen (secondary N) is 1. The van der Waals surface area contributed by atoms with Crippen molar-refractivity contribution in [3.63, 3.8) is 0 Å². The van der Waals surface area contributed by atoms with E-state index in [2.05, 4.69) is 12.2 Å². The zero-order chi connectivity index (χ0) is 11.9. The Bertz CT molecular complexity index is 335. The van der Waals surface area contributed by atoms with E-state index in [4.69, 9.17) is 9.47 Å². The lowest BCUT2D eigenvalue weighted by Crippen LogP contribution is -2.28. The van der Waals surface area contributed by atoms with Gasteiger partial charge in [-0.2, -0.15) is 0 Å². The van der Waals surface area contributed by atoms with Gasteiger partial charge in [0.05, 0.1) is 6.61 Å². The third-order valence-corrected chi connectivity index (χ3v) is 2.91. The van der Waals surface area contributed by atoms with Crippen LogP contribution in [-0.4, -0.2) is 25.8 Å². The zero-order valence-corrected chi connectivity index (χ0v) is 10.4. The standard InChI is InChI=1S/C14H21NO2/c1-2-10-16-13-7-3-4-8-14(13)17-11-12-6-5-9-15-12/h3-4,7-8,12,15H,2,5-6,9-11H2,1H3/t12-/m0/s1. The summed E-state index contributed by atoms with van der Waals surface area (Å²) < 4.78 is 11.5. The second kappa shape index (κ2) is 6.50. The minimum atomic E-state index is 0.495. The summed E-state index contributed by atoms with van der Waals surface area (Å²) in [4.78, 5) is 0. The summed E-state index contributed by atoms with van der Waals surface area (Å²) in [5.74, 6) is 1.71. The molecule has 0 spiro atoms. The average molecular weight is 235 g/mol. The Labute approximate surface area is 103 Å². The van der Waals surface area contributed by atoms with Crippen LogP contribution in [0.5, 0.6) is 11.5 Å². The van der Waals surface area contributed by atoms with Crippen LogP contribution >= 0.6 is 0 Å².